The summed E-state index contributed by atoms with van der Waals surface area (Å²) in [6, 6.07) is 27.6. The van der Waals surface area contributed by atoms with Gasteiger partial charge in [0.05, 0.1) is 27.7 Å². The van der Waals surface area contributed by atoms with Gasteiger partial charge in [-0.1, -0.05) is 83.9 Å². The fourth-order valence-corrected chi connectivity index (χ4v) is 6.60. The van der Waals surface area contributed by atoms with Gasteiger partial charge in [-0.15, -0.1) is 0 Å². The van der Waals surface area contributed by atoms with Gasteiger partial charge in [0, 0.05) is 24.6 Å². The molecule has 46 heavy (non-hydrogen) atoms. The number of amides is 2. The van der Waals surface area contributed by atoms with Crippen LogP contribution in [0.3, 0.4) is 0 Å². The SMILES string of the molecule is COc1cccc(N(CC(=O)N(Cc2ccc(Cl)c(Cl)c2)[C@@H](Cc2ccccc2)C(=O)NC(C)(C)C)S(=O)(=O)c2ccccc2)c1. The van der Waals surface area contributed by atoms with Crippen LogP contribution < -0.4 is 14.4 Å². The summed E-state index contributed by atoms with van der Waals surface area (Å²) in [5.41, 5.74) is 1.06. The lowest BCUT2D eigenvalue weighted by atomic mass is 10.0. The van der Waals surface area contributed by atoms with Crippen LogP contribution in [0.5, 0.6) is 5.75 Å². The van der Waals surface area contributed by atoms with Crippen LogP contribution in [0.25, 0.3) is 0 Å². The predicted octanol–water partition coefficient (Wildman–Crippen LogP) is 6.75. The second-order valence-electron chi connectivity index (χ2n) is 11.7. The Morgan fingerprint density at radius 1 is 0.826 bits per heavy atom. The Hall–Kier alpha value is -4.05. The van der Waals surface area contributed by atoms with Crippen LogP contribution in [0.4, 0.5) is 5.69 Å². The van der Waals surface area contributed by atoms with E-state index in [4.69, 9.17) is 27.9 Å². The molecule has 0 radical (unpaired) electrons. The molecule has 0 aliphatic heterocycles. The molecule has 0 saturated heterocycles. The van der Waals surface area contributed by atoms with Gasteiger partial charge in [-0.3, -0.25) is 13.9 Å². The maximum atomic E-state index is 14.6. The van der Waals surface area contributed by atoms with Gasteiger partial charge in [-0.25, -0.2) is 8.42 Å². The summed E-state index contributed by atoms with van der Waals surface area (Å²) in [4.78, 5) is 30.0. The normalized spacial score (nSPS) is 12.2. The van der Waals surface area contributed by atoms with E-state index in [1.807, 2.05) is 51.1 Å². The van der Waals surface area contributed by atoms with Crippen molar-refractivity contribution in [1.82, 2.24) is 10.2 Å². The van der Waals surface area contributed by atoms with Gasteiger partial charge < -0.3 is 15.0 Å². The fourth-order valence-electron chi connectivity index (χ4n) is 4.86. The summed E-state index contributed by atoms with van der Waals surface area (Å²) in [7, 11) is -2.76. The summed E-state index contributed by atoms with van der Waals surface area (Å²) in [5, 5.41) is 3.64. The lowest BCUT2D eigenvalue weighted by Gasteiger charge is -2.35. The molecule has 2 amide bonds. The average molecular weight is 683 g/mol. The average Bonchev–Trinajstić information content (AvgIpc) is 3.03. The van der Waals surface area contributed by atoms with E-state index in [2.05, 4.69) is 5.32 Å². The molecule has 0 heterocycles. The van der Waals surface area contributed by atoms with Crippen molar-refractivity contribution in [3.8, 4) is 5.75 Å². The molecule has 4 aromatic rings. The molecule has 0 aliphatic carbocycles. The number of methoxy groups -OCH3 is 1. The number of carbonyl (C=O) groups excluding carboxylic acids is 2. The zero-order valence-electron chi connectivity index (χ0n) is 26.1. The predicted molar refractivity (Wildman–Crippen MR) is 183 cm³/mol. The number of carbonyl (C=O) groups is 2. The monoisotopic (exact) mass is 681 g/mol. The zero-order valence-corrected chi connectivity index (χ0v) is 28.4. The van der Waals surface area contributed by atoms with Gasteiger partial charge in [0.25, 0.3) is 10.0 Å². The molecule has 4 rings (SSSR count). The van der Waals surface area contributed by atoms with Crippen LogP contribution >= 0.6 is 23.2 Å². The van der Waals surface area contributed by atoms with Crippen LogP contribution in [0.2, 0.25) is 10.0 Å². The quantitative estimate of drug-likeness (QED) is 0.178. The number of hydrogen-bond donors (Lipinski definition) is 1. The van der Waals surface area contributed by atoms with Crippen molar-refractivity contribution in [2.75, 3.05) is 18.0 Å². The third kappa shape index (κ3) is 9.02. The number of hydrogen-bond acceptors (Lipinski definition) is 5. The molecule has 1 atom stereocenters. The summed E-state index contributed by atoms with van der Waals surface area (Å²) in [6.45, 7) is 4.92. The maximum Gasteiger partial charge on any atom is 0.264 e. The van der Waals surface area contributed by atoms with Crippen LogP contribution in [0.15, 0.2) is 108 Å². The Morgan fingerprint density at radius 2 is 1.48 bits per heavy atom. The second kappa shape index (κ2) is 15.0. The Labute approximate surface area is 280 Å². The molecule has 0 spiro atoms. The highest BCUT2D eigenvalue weighted by Gasteiger charge is 2.35. The molecule has 0 fully saturated rings. The topological polar surface area (TPSA) is 96.0 Å². The summed E-state index contributed by atoms with van der Waals surface area (Å²) < 4.78 is 34.6. The molecule has 0 saturated carbocycles. The molecule has 0 bridgehead atoms. The lowest BCUT2D eigenvalue weighted by molar-refractivity contribution is -0.140. The van der Waals surface area contributed by atoms with Gasteiger partial charge in [-0.05, 0) is 68.3 Å². The third-order valence-corrected chi connectivity index (χ3v) is 9.58. The van der Waals surface area contributed by atoms with Crippen molar-refractivity contribution in [2.45, 2.75) is 50.2 Å². The van der Waals surface area contributed by atoms with Gasteiger partial charge in [-0.2, -0.15) is 0 Å². The zero-order chi connectivity index (χ0) is 33.5. The van der Waals surface area contributed by atoms with Gasteiger partial charge in [0.1, 0.15) is 18.3 Å². The van der Waals surface area contributed by atoms with Crippen molar-refractivity contribution in [2.24, 2.45) is 0 Å². The van der Waals surface area contributed by atoms with E-state index in [0.717, 1.165) is 9.87 Å². The Bertz CT molecular complexity index is 1760. The molecule has 0 unspecified atom stereocenters. The number of sulfonamides is 1. The molecule has 8 nitrogen and oxygen atoms in total. The molecule has 11 heteroatoms. The number of anilines is 1. The van der Waals surface area contributed by atoms with Crippen molar-refractivity contribution in [3.05, 3.63) is 124 Å². The Morgan fingerprint density at radius 3 is 2.09 bits per heavy atom. The van der Waals surface area contributed by atoms with Crippen LogP contribution in [0.1, 0.15) is 31.9 Å². The number of nitrogens with zero attached hydrogens (tertiary/aromatic N) is 2. The van der Waals surface area contributed by atoms with E-state index in [9.17, 15) is 18.0 Å². The standard InChI is InChI=1S/C35H37Cl2N3O5S/c1-35(2,3)38-34(42)32(21-25-12-7-5-8-13-25)39(23-26-18-19-30(36)31(37)20-26)33(41)24-40(27-14-11-15-28(22-27)45-4)46(43,44)29-16-9-6-10-17-29/h5-20,22,32H,21,23-24H2,1-4H3,(H,38,42)/t32-/m0/s1. The Kier molecular flexibility index (Phi) is 11.4. The molecule has 4 aromatic carbocycles. The van der Waals surface area contributed by atoms with Crippen molar-refractivity contribution in [3.63, 3.8) is 0 Å². The largest absolute Gasteiger partial charge is 0.497 e. The molecule has 1 N–H and O–H groups in total. The maximum absolute atomic E-state index is 14.6. The van der Waals surface area contributed by atoms with Crippen molar-refractivity contribution < 1.29 is 22.7 Å². The van der Waals surface area contributed by atoms with E-state index >= 15 is 0 Å². The van der Waals surface area contributed by atoms with E-state index in [0.29, 0.717) is 16.3 Å². The first-order valence-corrected chi connectivity index (χ1v) is 16.8. The minimum absolute atomic E-state index is 0.00737. The molecule has 0 aromatic heterocycles. The first-order chi connectivity index (χ1) is 21.8. The highest BCUT2D eigenvalue weighted by Crippen LogP contribution is 2.29. The number of rotatable bonds is 12. The van der Waals surface area contributed by atoms with Gasteiger partial charge >= 0.3 is 0 Å². The molecular formula is C35H37Cl2N3O5S. The van der Waals surface area contributed by atoms with Crippen molar-refractivity contribution in [1.29, 1.82) is 0 Å². The minimum atomic E-state index is -4.24. The van der Waals surface area contributed by atoms with E-state index in [-0.39, 0.29) is 34.5 Å². The number of ether oxygens (including phenoxy) is 1. The summed E-state index contributed by atoms with van der Waals surface area (Å²) in [5.74, 6) is -0.570. The van der Waals surface area contributed by atoms with E-state index in [1.54, 1.807) is 60.7 Å². The van der Waals surface area contributed by atoms with Crippen LogP contribution in [-0.2, 0) is 32.6 Å². The number of benzene rings is 4. The molecule has 0 aliphatic rings. The number of halogens is 2. The highest BCUT2D eigenvalue weighted by atomic mass is 35.5. The minimum Gasteiger partial charge on any atom is -0.497 e. The van der Waals surface area contributed by atoms with Crippen LogP contribution in [-0.4, -0.2) is 50.4 Å². The Balaban J connectivity index is 1.84. The first kappa shape index (κ1) is 34.8. The van der Waals surface area contributed by atoms with E-state index < -0.39 is 34.1 Å². The van der Waals surface area contributed by atoms with Crippen molar-refractivity contribution >= 4 is 50.7 Å². The van der Waals surface area contributed by atoms with Crippen LogP contribution in [0, 0.1) is 0 Å². The third-order valence-electron chi connectivity index (χ3n) is 7.06. The highest BCUT2D eigenvalue weighted by molar-refractivity contribution is 7.92. The lowest BCUT2D eigenvalue weighted by Crippen LogP contribution is -2.56. The smallest absolute Gasteiger partial charge is 0.264 e. The van der Waals surface area contributed by atoms with Gasteiger partial charge in [0.2, 0.25) is 11.8 Å². The van der Waals surface area contributed by atoms with Gasteiger partial charge in [0.15, 0.2) is 0 Å². The second-order valence-corrected chi connectivity index (χ2v) is 14.4. The summed E-state index contributed by atoms with van der Waals surface area (Å²) in [6.07, 6.45) is 0.181. The van der Waals surface area contributed by atoms with E-state index in [1.165, 1.54) is 24.1 Å². The molecular weight excluding hydrogens is 645 g/mol. The first-order valence-electron chi connectivity index (χ1n) is 14.6. The summed E-state index contributed by atoms with van der Waals surface area (Å²) >= 11 is 12.5. The fraction of sp³-hybridized carbons (Fsp3) is 0.257. The number of nitrogens with one attached hydrogen (secondary N) is 1. The molecule has 242 valence electrons.